The molecule has 1 atom stereocenters. The Hall–Kier alpha value is -3.61. The fourth-order valence-corrected chi connectivity index (χ4v) is 7.66. The molecule has 222 valence electrons. The summed E-state index contributed by atoms with van der Waals surface area (Å²) in [6.45, 7) is 5.47. The predicted octanol–water partition coefficient (Wildman–Crippen LogP) is 5.55. The maximum atomic E-state index is 16.0. The number of nitrogens with zero attached hydrogens (tertiary/aromatic N) is 5. The second-order valence-electron chi connectivity index (χ2n) is 10.4. The van der Waals surface area contributed by atoms with E-state index in [2.05, 4.69) is 26.4 Å². The molecule has 1 saturated heterocycles. The Morgan fingerprint density at radius 3 is 2.55 bits per heavy atom. The highest BCUT2D eigenvalue weighted by Crippen LogP contribution is 2.36. The number of aryl methyl sites for hydroxylation is 1. The number of halogens is 2. The highest BCUT2D eigenvalue weighted by atomic mass is 32.2. The van der Waals surface area contributed by atoms with E-state index in [4.69, 9.17) is 4.74 Å². The Balaban J connectivity index is 1.44. The van der Waals surface area contributed by atoms with E-state index in [1.54, 1.807) is 25.2 Å². The maximum Gasteiger partial charge on any atom is 0.272 e. The SMILES string of the molecule is COc1ccc(CN(c2ncns2)S(=O)(=O)c2c(F)cc(N(C)[C@H]3CCN(Cc4ccccc4)C3)c(C)c2F)c(C)c1. The van der Waals surface area contributed by atoms with Gasteiger partial charge in [-0.15, -0.1) is 0 Å². The van der Waals surface area contributed by atoms with Gasteiger partial charge < -0.3 is 9.64 Å². The van der Waals surface area contributed by atoms with Gasteiger partial charge in [-0.05, 0) is 55.2 Å². The molecule has 0 N–H and O–H groups in total. The van der Waals surface area contributed by atoms with Gasteiger partial charge in [0.05, 0.1) is 13.7 Å². The number of methoxy groups -OCH3 is 1. The minimum Gasteiger partial charge on any atom is -0.497 e. The summed E-state index contributed by atoms with van der Waals surface area (Å²) in [4.78, 5) is 7.21. The molecule has 0 saturated carbocycles. The molecule has 3 aromatic carbocycles. The second-order valence-corrected chi connectivity index (χ2v) is 13.0. The van der Waals surface area contributed by atoms with Crippen molar-refractivity contribution >= 4 is 32.4 Å². The molecule has 1 fully saturated rings. The fraction of sp³-hybridized carbons (Fsp3) is 0.333. The van der Waals surface area contributed by atoms with Crippen LogP contribution in [0.3, 0.4) is 0 Å². The molecule has 1 aliphatic heterocycles. The van der Waals surface area contributed by atoms with Crippen molar-refractivity contribution < 1.29 is 21.9 Å². The number of anilines is 2. The first kappa shape index (κ1) is 29.9. The third-order valence-electron chi connectivity index (χ3n) is 7.79. The third-order valence-corrected chi connectivity index (χ3v) is 10.4. The van der Waals surface area contributed by atoms with Crippen LogP contribution in [0.25, 0.3) is 0 Å². The molecule has 5 rings (SSSR count). The molecule has 0 unspecified atom stereocenters. The first-order valence-corrected chi connectivity index (χ1v) is 15.7. The first-order chi connectivity index (χ1) is 20.1. The van der Waals surface area contributed by atoms with Gasteiger partial charge in [0.1, 0.15) is 17.9 Å². The molecule has 0 radical (unpaired) electrons. The van der Waals surface area contributed by atoms with Crippen LogP contribution in [0.5, 0.6) is 5.75 Å². The highest BCUT2D eigenvalue weighted by molar-refractivity contribution is 7.93. The van der Waals surface area contributed by atoms with Crippen molar-refractivity contribution in [2.75, 3.05) is 36.5 Å². The van der Waals surface area contributed by atoms with Crippen LogP contribution in [-0.4, -0.2) is 56.0 Å². The molecule has 0 spiro atoms. The minimum absolute atomic E-state index is 0.00679. The summed E-state index contributed by atoms with van der Waals surface area (Å²) in [5, 5.41) is 0.00679. The molecule has 12 heteroatoms. The van der Waals surface area contributed by atoms with Gasteiger partial charge in [-0.25, -0.2) is 26.5 Å². The lowest BCUT2D eigenvalue weighted by molar-refractivity contribution is 0.326. The Kier molecular flexibility index (Phi) is 8.76. The Labute approximate surface area is 249 Å². The molecule has 0 bridgehead atoms. The lowest BCUT2D eigenvalue weighted by Gasteiger charge is -2.30. The summed E-state index contributed by atoms with van der Waals surface area (Å²) in [5.74, 6) is -1.66. The van der Waals surface area contributed by atoms with Crippen LogP contribution in [0.1, 0.15) is 28.7 Å². The lowest BCUT2D eigenvalue weighted by Crippen LogP contribution is -2.36. The number of benzene rings is 3. The zero-order valence-corrected chi connectivity index (χ0v) is 25.6. The van der Waals surface area contributed by atoms with E-state index in [9.17, 15) is 8.42 Å². The van der Waals surface area contributed by atoms with Crippen LogP contribution in [-0.2, 0) is 23.1 Å². The third kappa shape index (κ3) is 5.97. The number of hydrogen-bond donors (Lipinski definition) is 0. The molecule has 8 nitrogen and oxygen atoms in total. The van der Waals surface area contributed by atoms with Gasteiger partial charge in [-0.3, -0.25) is 4.90 Å². The number of hydrogen-bond acceptors (Lipinski definition) is 8. The van der Waals surface area contributed by atoms with Crippen LogP contribution >= 0.6 is 11.5 Å². The van der Waals surface area contributed by atoms with E-state index in [1.165, 1.54) is 25.9 Å². The molecule has 2 heterocycles. The monoisotopic (exact) mass is 613 g/mol. The van der Waals surface area contributed by atoms with Gasteiger partial charge in [-0.2, -0.15) is 4.37 Å². The standard InChI is InChI=1S/C30H33F2N5O3S2/c1-20-14-25(40-4)11-10-23(20)17-37(30-33-19-34-41-30)42(38,39)29-26(31)15-27(21(2)28(29)32)35(3)24-12-13-36(18-24)16-22-8-6-5-7-9-22/h5-11,14-15,19,24H,12-13,16-18H2,1-4H3/t24-/m0/s1. The number of sulfonamides is 1. The van der Waals surface area contributed by atoms with Crippen LogP contribution in [0.2, 0.25) is 0 Å². The van der Waals surface area contributed by atoms with Crippen molar-refractivity contribution in [2.24, 2.45) is 0 Å². The van der Waals surface area contributed by atoms with Crippen molar-refractivity contribution in [2.45, 2.75) is 44.3 Å². The molecule has 1 aliphatic rings. The summed E-state index contributed by atoms with van der Waals surface area (Å²) in [6.07, 6.45) is 2.03. The van der Waals surface area contributed by atoms with Crippen LogP contribution in [0, 0.1) is 25.5 Å². The Morgan fingerprint density at radius 2 is 1.88 bits per heavy atom. The summed E-state index contributed by atoms with van der Waals surface area (Å²) in [7, 11) is -1.38. The van der Waals surface area contributed by atoms with Gasteiger partial charge in [-0.1, -0.05) is 36.4 Å². The maximum absolute atomic E-state index is 16.0. The molecule has 1 aromatic heterocycles. The minimum atomic E-state index is -4.71. The van der Waals surface area contributed by atoms with Crippen LogP contribution < -0.4 is 13.9 Å². The first-order valence-electron chi connectivity index (χ1n) is 13.5. The van der Waals surface area contributed by atoms with E-state index in [-0.39, 0.29) is 23.3 Å². The summed E-state index contributed by atoms with van der Waals surface area (Å²) >= 11 is 0.830. The normalized spacial score (nSPS) is 15.6. The van der Waals surface area contributed by atoms with E-state index in [0.717, 1.165) is 53.5 Å². The predicted molar refractivity (Wildman–Crippen MR) is 161 cm³/mol. The van der Waals surface area contributed by atoms with Crippen molar-refractivity contribution in [3.05, 3.63) is 94.8 Å². The average Bonchev–Trinajstić information content (AvgIpc) is 3.67. The van der Waals surface area contributed by atoms with E-state index >= 15 is 8.78 Å². The highest BCUT2D eigenvalue weighted by Gasteiger charge is 2.36. The number of likely N-dealkylation sites (tertiary alicyclic amines) is 1. The Bertz CT molecular complexity index is 1650. The largest absolute Gasteiger partial charge is 0.497 e. The summed E-state index contributed by atoms with van der Waals surface area (Å²) in [5.41, 5.74) is 2.98. The molecule has 0 aliphatic carbocycles. The van der Waals surface area contributed by atoms with Gasteiger partial charge in [0.15, 0.2) is 10.7 Å². The topological polar surface area (TPSA) is 78.9 Å². The smallest absolute Gasteiger partial charge is 0.272 e. The van der Waals surface area contributed by atoms with E-state index < -0.39 is 26.6 Å². The van der Waals surface area contributed by atoms with Gasteiger partial charge >= 0.3 is 0 Å². The van der Waals surface area contributed by atoms with Crippen molar-refractivity contribution in [3.8, 4) is 5.75 Å². The zero-order chi connectivity index (χ0) is 30.0. The molecule has 4 aromatic rings. The quantitative estimate of drug-likeness (QED) is 0.232. The van der Waals surface area contributed by atoms with Gasteiger partial charge in [0.25, 0.3) is 10.0 Å². The number of aromatic nitrogens is 2. The van der Waals surface area contributed by atoms with Crippen LogP contribution in [0.15, 0.2) is 65.8 Å². The average molecular weight is 614 g/mol. The van der Waals surface area contributed by atoms with Crippen LogP contribution in [0.4, 0.5) is 19.6 Å². The Morgan fingerprint density at radius 1 is 1.12 bits per heavy atom. The van der Waals surface area contributed by atoms with E-state index in [0.29, 0.717) is 17.0 Å². The summed E-state index contributed by atoms with van der Waals surface area (Å²) < 4.78 is 69.8. The molecular formula is C30H33F2N5O3S2. The zero-order valence-electron chi connectivity index (χ0n) is 23.9. The van der Waals surface area contributed by atoms with Crippen molar-refractivity contribution in [1.29, 1.82) is 0 Å². The second kappa shape index (κ2) is 12.3. The van der Waals surface area contributed by atoms with Crippen molar-refractivity contribution in [1.82, 2.24) is 14.3 Å². The fourth-order valence-electron chi connectivity index (χ4n) is 5.36. The molecule has 0 amide bonds. The summed E-state index contributed by atoms with van der Waals surface area (Å²) in [6, 6.07) is 16.5. The van der Waals surface area contributed by atoms with Gasteiger partial charge in [0.2, 0.25) is 5.13 Å². The van der Waals surface area contributed by atoms with Crippen molar-refractivity contribution in [3.63, 3.8) is 0 Å². The number of ether oxygens (including phenoxy) is 1. The number of likely N-dealkylation sites (N-methyl/N-ethyl adjacent to an activating group) is 1. The van der Waals surface area contributed by atoms with E-state index in [1.807, 2.05) is 30.0 Å². The molecule has 42 heavy (non-hydrogen) atoms. The number of rotatable bonds is 10. The van der Waals surface area contributed by atoms with Gasteiger partial charge in [0, 0.05) is 55.5 Å². The molecular weight excluding hydrogens is 580 g/mol. The lowest BCUT2D eigenvalue weighted by atomic mass is 10.1.